The van der Waals surface area contributed by atoms with Crippen LogP contribution in [0.3, 0.4) is 0 Å². The van der Waals surface area contributed by atoms with Gasteiger partial charge >= 0.3 is 5.97 Å². The number of hydrogen-bond donors (Lipinski definition) is 3. The van der Waals surface area contributed by atoms with Crippen molar-refractivity contribution in [1.82, 2.24) is 10.3 Å². The van der Waals surface area contributed by atoms with Crippen molar-refractivity contribution in [3.8, 4) is 5.75 Å². The van der Waals surface area contributed by atoms with E-state index in [4.69, 9.17) is 27.9 Å². The van der Waals surface area contributed by atoms with E-state index in [1.54, 1.807) is 30.3 Å². The number of aromatic nitrogens is 1. The van der Waals surface area contributed by atoms with E-state index in [1.165, 1.54) is 12.1 Å². The summed E-state index contributed by atoms with van der Waals surface area (Å²) >= 11 is 12.1. The van der Waals surface area contributed by atoms with Crippen LogP contribution >= 0.6 is 23.2 Å². The van der Waals surface area contributed by atoms with Gasteiger partial charge < -0.3 is 20.5 Å². The Morgan fingerprint density at radius 3 is 2.35 bits per heavy atom. The summed E-state index contributed by atoms with van der Waals surface area (Å²) in [6.07, 6.45) is 1.69. The summed E-state index contributed by atoms with van der Waals surface area (Å²) in [7, 11) is 1.83. The maximum absolute atomic E-state index is 12.6. The maximum atomic E-state index is 12.6. The molecule has 3 rings (SSSR count). The fourth-order valence-electron chi connectivity index (χ4n) is 3.30. The summed E-state index contributed by atoms with van der Waals surface area (Å²) in [5.74, 6) is -0.287. The molecule has 0 bridgehead atoms. The average molecular weight is 502 g/mol. The highest BCUT2D eigenvalue weighted by atomic mass is 35.5. The minimum absolute atomic E-state index is 0.0497. The molecule has 0 aliphatic carbocycles. The first kappa shape index (κ1) is 25.3. The molecule has 0 spiro atoms. The number of nitrogens with zero attached hydrogens (tertiary/aromatic N) is 1. The SMILES string of the molecule is CNc1cccc(CCCOc2ccc(C[C@H](NC(=O)c3c(Cl)cccc3Cl)C(=O)O)cc2)n1. The van der Waals surface area contributed by atoms with E-state index in [9.17, 15) is 14.7 Å². The molecule has 3 aromatic rings. The minimum atomic E-state index is -1.16. The number of rotatable bonds is 11. The molecule has 1 amide bonds. The van der Waals surface area contributed by atoms with Gasteiger partial charge in [0.05, 0.1) is 22.2 Å². The average Bonchev–Trinajstić information content (AvgIpc) is 2.82. The van der Waals surface area contributed by atoms with Crippen molar-refractivity contribution in [2.75, 3.05) is 19.0 Å². The number of nitrogens with one attached hydrogen (secondary N) is 2. The molecule has 9 heteroatoms. The Morgan fingerprint density at radius 1 is 1.03 bits per heavy atom. The summed E-state index contributed by atoms with van der Waals surface area (Å²) < 4.78 is 5.78. The van der Waals surface area contributed by atoms with E-state index in [0.29, 0.717) is 12.4 Å². The van der Waals surface area contributed by atoms with Crippen LogP contribution in [0.25, 0.3) is 0 Å². The number of carboxylic acid groups (broad SMARTS) is 1. The predicted molar refractivity (Wildman–Crippen MR) is 133 cm³/mol. The number of anilines is 1. The summed E-state index contributed by atoms with van der Waals surface area (Å²) in [6.45, 7) is 0.525. The van der Waals surface area contributed by atoms with E-state index in [0.717, 1.165) is 29.9 Å². The molecule has 2 aromatic carbocycles. The third-order valence-corrected chi connectivity index (χ3v) is 5.70. The number of aliphatic carboxylic acids is 1. The van der Waals surface area contributed by atoms with Gasteiger partial charge in [0.15, 0.2) is 0 Å². The molecule has 0 aliphatic rings. The van der Waals surface area contributed by atoms with E-state index >= 15 is 0 Å². The van der Waals surface area contributed by atoms with Gasteiger partial charge in [-0.3, -0.25) is 4.79 Å². The lowest BCUT2D eigenvalue weighted by atomic mass is 10.1. The molecule has 1 atom stereocenters. The van der Waals surface area contributed by atoms with Crippen molar-refractivity contribution >= 4 is 40.9 Å². The van der Waals surface area contributed by atoms with Gasteiger partial charge in [0.25, 0.3) is 5.91 Å². The molecule has 0 fully saturated rings. The second-order valence-electron chi connectivity index (χ2n) is 7.53. The Labute approximate surface area is 208 Å². The van der Waals surface area contributed by atoms with Crippen molar-refractivity contribution in [2.45, 2.75) is 25.3 Å². The predicted octanol–water partition coefficient (Wildman–Crippen LogP) is 4.87. The molecule has 0 saturated heterocycles. The van der Waals surface area contributed by atoms with Crippen LogP contribution in [0, 0.1) is 0 Å². The van der Waals surface area contributed by atoms with Gasteiger partial charge in [-0.05, 0) is 54.8 Å². The molecular weight excluding hydrogens is 477 g/mol. The second-order valence-corrected chi connectivity index (χ2v) is 8.34. The third kappa shape index (κ3) is 7.10. The van der Waals surface area contributed by atoms with Crippen LogP contribution in [0.1, 0.15) is 28.0 Å². The smallest absolute Gasteiger partial charge is 0.326 e. The molecule has 3 N–H and O–H groups in total. The maximum Gasteiger partial charge on any atom is 0.326 e. The topological polar surface area (TPSA) is 101 Å². The fraction of sp³-hybridized carbons (Fsp3) is 0.240. The van der Waals surface area contributed by atoms with Gasteiger partial charge in [0, 0.05) is 19.2 Å². The highest BCUT2D eigenvalue weighted by molar-refractivity contribution is 6.39. The molecule has 7 nitrogen and oxygen atoms in total. The molecule has 0 aliphatic heterocycles. The first-order valence-electron chi connectivity index (χ1n) is 10.7. The zero-order valence-corrected chi connectivity index (χ0v) is 20.1. The summed E-state index contributed by atoms with van der Waals surface area (Å²) in [4.78, 5) is 28.8. The number of carbonyl (C=O) groups is 2. The van der Waals surface area contributed by atoms with Crippen LogP contribution in [0.15, 0.2) is 60.7 Å². The molecule has 34 heavy (non-hydrogen) atoms. The number of benzene rings is 2. The summed E-state index contributed by atoms with van der Waals surface area (Å²) in [5.41, 5.74) is 1.78. The highest BCUT2D eigenvalue weighted by Gasteiger charge is 2.23. The molecule has 0 unspecified atom stereocenters. The first-order chi connectivity index (χ1) is 16.4. The van der Waals surface area contributed by atoms with Gasteiger partial charge in [-0.25, -0.2) is 9.78 Å². The van der Waals surface area contributed by atoms with E-state index < -0.39 is 17.9 Å². The zero-order chi connectivity index (χ0) is 24.5. The highest BCUT2D eigenvalue weighted by Crippen LogP contribution is 2.24. The lowest BCUT2D eigenvalue weighted by Crippen LogP contribution is -2.42. The lowest BCUT2D eigenvalue weighted by Gasteiger charge is -2.16. The Morgan fingerprint density at radius 2 is 1.71 bits per heavy atom. The minimum Gasteiger partial charge on any atom is -0.494 e. The zero-order valence-electron chi connectivity index (χ0n) is 18.6. The number of carboxylic acids is 1. The third-order valence-electron chi connectivity index (χ3n) is 5.07. The van der Waals surface area contributed by atoms with Crippen LogP contribution < -0.4 is 15.4 Å². The van der Waals surface area contributed by atoms with Crippen molar-refractivity contribution in [3.63, 3.8) is 0 Å². The first-order valence-corrected chi connectivity index (χ1v) is 11.5. The van der Waals surface area contributed by atoms with Crippen LogP contribution in [0.2, 0.25) is 10.0 Å². The molecular formula is C25H25Cl2N3O4. The quantitative estimate of drug-likeness (QED) is 0.324. The Hall–Kier alpha value is -3.29. The number of hydrogen-bond acceptors (Lipinski definition) is 5. The van der Waals surface area contributed by atoms with Crippen molar-refractivity contribution < 1.29 is 19.4 Å². The number of carbonyl (C=O) groups excluding carboxylic acids is 1. The molecule has 0 saturated carbocycles. The summed E-state index contributed by atoms with van der Waals surface area (Å²) in [5, 5.41) is 15.4. The summed E-state index contributed by atoms with van der Waals surface area (Å²) in [6, 6.07) is 16.5. The van der Waals surface area contributed by atoms with Crippen molar-refractivity contribution in [2.24, 2.45) is 0 Å². The van der Waals surface area contributed by atoms with E-state index in [-0.39, 0.29) is 22.0 Å². The monoisotopic (exact) mass is 501 g/mol. The van der Waals surface area contributed by atoms with Crippen LogP contribution in [0.4, 0.5) is 5.82 Å². The molecule has 178 valence electrons. The van der Waals surface area contributed by atoms with Crippen LogP contribution in [0.5, 0.6) is 5.75 Å². The molecule has 0 radical (unpaired) electrons. The van der Waals surface area contributed by atoms with Crippen molar-refractivity contribution in [1.29, 1.82) is 0 Å². The number of amides is 1. The molecule has 1 heterocycles. The van der Waals surface area contributed by atoms with Crippen molar-refractivity contribution in [3.05, 3.63) is 87.5 Å². The van der Waals surface area contributed by atoms with E-state index in [2.05, 4.69) is 15.6 Å². The Balaban J connectivity index is 1.52. The Kier molecular flexibility index (Phi) is 9.13. The normalized spacial score (nSPS) is 11.5. The second kappa shape index (κ2) is 12.3. The Bertz CT molecular complexity index is 1120. The lowest BCUT2D eigenvalue weighted by molar-refractivity contribution is -0.139. The number of halogens is 2. The van der Waals surface area contributed by atoms with Gasteiger partial charge in [-0.1, -0.05) is 47.5 Å². The number of pyridine rings is 1. The molecule has 1 aromatic heterocycles. The van der Waals surface area contributed by atoms with Crippen LogP contribution in [-0.2, 0) is 17.6 Å². The standard InChI is InChI=1S/C25H25Cl2N3O4/c1-28-22-9-2-5-17(29-22)6-4-14-34-18-12-10-16(11-13-18)15-21(25(32)33)30-24(31)23-19(26)7-3-8-20(23)27/h2-3,5,7-13,21H,4,6,14-15H2,1H3,(H,28,29)(H,30,31)(H,32,33)/t21-/m0/s1. The number of aryl methyl sites for hydroxylation is 1. The van der Waals surface area contributed by atoms with Gasteiger partial charge in [0.1, 0.15) is 17.6 Å². The fourth-order valence-corrected chi connectivity index (χ4v) is 3.87. The van der Waals surface area contributed by atoms with Gasteiger partial charge in [0.2, 0.25) is 0 Å². The van der Waals surface area contributed by atoms with Gasteiger partial charge in [-0.15, -0.1) is 0 Å². The van der Waals surface area contributed by atoms with Crippen LogP contribution in [-0.4, -0.2) is 41.7 Å². The van der Waals surface area contributed by atoms with Gasteiger partial charge in [-0.2, -0.15) is 0 Å². The largest absolute Gasteiger partial charge is 0.494 e. The van der Waals surface area contributed by atoms with E-state index in [1.807, 2.05) is 25.2 Å². The number of ether oxygens (including phenoxy) is 1.